The Kier molecular flexibility index (Phi) is 3.20. The van der Waals surface area contributed by atoms with Crippen LogP contribution in [0.3, 0.4) is 0 Å². The van der Waals surface area contributed by atoms with E-state index in [1.54, 1.807) is 17.1 Å². The van der Waals surface area contributed by atoms with Gasteiger partial charge in [0.1, 0.15) is 18.4 Å². The maximum absolute atomic E-state index is 5.71. The Bertz CT molecular complexity index is 646. The van der Waals surface area contributed by atoms with E-state index in [4.69, 9.17) is 16.0 Å². The molecule has 1 aromatic carbocycles. The molecule has 96 valence electrons. The summed E-state index contributed by atoms with van der Waals surface area (Å²) >= 11 is 5.71. The smallest absolute Gasteiger partial charge is 0.193 e. The van der Waals surface area contributed by atoms with Crippen molar-refractivity contribution in [3.8, 4) is 5.69 Å². The zero-order valence-corrected chi connectivity index (χ0v) is 10.7. The van der Waals surface area contributed by atoms with E-state index < -0.39 is 0 Å². The second kappa shape index (κ2) is 5.16. The lowest BCUT2D eigenvalue weighted by atomic mass is 10.3. The molecule has 3 aromatic rings. The number of halogens is 1. The molecule has 0 unspecified atom stereocenters. The van der Waals surface area contributed by atoms with E-state index >= 15 is 0 Å². The van der Waals surface area contributed by atoms with E-state index in [1.807, 2.05) is 30.3 Å². The highest BCUT2D eigenvalue weighted by Gasteiger charge is 2.00. The first-order valence-electron chi connectivity index (χ1n) is 5.74. The molecule has 0 spiro atoms. The van der Waals surface area contributed by atoms with Gasteiger partial charge in [-0.2, -0.15) is 5.10 Å². The molecule has 2 aromatic heterocycles. The predicted octanol–water partition coefficient (Wildman–Crippen LogP) is 3.13. The molecule has 0 fully saturated rings. The molecule has 6 heteroatoms. The Morgan fingerprint density at radius 1 is 1.16 bits per heavy atom. The van der Waals surface area contributed by atoms with Crippen LogP contribution in [-0.2, 0) is 6.54 Å². The lowest BCUT2D eigenvalue weighted by molar-refractivity contribution is 0.520. The highest BCUT2D eigenvalue weighted by Crippen LogP contribution is 2.16. The molecule has 5 nitrogen and oxygen atoms in total. The number of nitrogens with one attached hydrogen (secondary N) is 1. The minimum absolute atomic E-state index is 0.401. The average Bonchev–Trinajstić information content (AvgIpc) is 3.08. The number of benzene rings is 1. The van der Waals surface area contributed by atoms with Gasteiger partial charge in [-0.25, -0.2) is 9.67 Å². The Labute approximate surface area is 114 Å². The molecule has 0 atom stereocenters. The van der Waals surface area contributed by atoms with Crippen LogP contribution in [0.25, 0.3) is 5.69 Å². The number of hydrogen-bond donors (Lipinski definition) is 1. The number of aromatic nitrogens is 3. The average molecular weight is 275 g/mol. The molecule has 2 heterocycles. The van der Waals surface area contributed by atoms with Gasteiger partial charge in [-0.3, -0.25) is 0 Å². The van der Waals surface area contributed by atoms with Crippen molar-refractivity contribution in [2.24, 2.45) is 0 Å². The van der Waals surface area contributed by atoms with Gasteiger partial charge in [0, 0.05) is 5.69 Å². The number of rotatable bonds is 4. The third-order valence-electron chi connectivity index (χ3n) is 2.65. The van der Waals surface area contributed by atoms with Crippen molar-refractivity contribution in [2.45, 2.75) is 6.54 Å². The summed E-state index contributed by atoms with van der Waals surface area (Å²) in [6.07, 6.45) is 3.17. The summed E-state index contributed by atoms with van der Waals surface area (Å²) in [4.78, 5) is 3.91. The molecule has 19 heavy (non-hydrogen) atoms. The monoisotopic (exact) mass is 274 g/mol. The number of nitrogens with zero attached hydrogens (tertiary/aromatic N) is 3. The number of anilines is 1. The fraction of sp³-hybridized carbons (Fsp3) is 0.0769. The molecule has 0 aliphatic rings. The van der Waals surface area contributed by atoms with Crippen LogP contribution < -0.4 is 5.32 Å². The summed E-state index contributed by atoms with van der Waals surface area (Å²) in [5, 5.41) is 7.72. The first-order chi connectivity index (χ1) is 9.31. The maximum atomic E-state index is 5.71. The van der Waals surface area contributed by atoms with E-state index in [1.165, 1.54) is 6.33 Å². The molecular formula is C13H11ClN4O. The molecule has 0 saturated carbocycles. The van der Waals surface area contributed by atoms with Crippen LogP contribution >= 0.6 is 11.6 Å². The second-order valence-corrected chi connectivity index (χ2v) is 4.32. The molecular weight excluding hydrogens is 264 g/mol. The zero-order valence-electron chi connectivity index (χ0n) is 9.95. The van der Waals surface area contributed by atoms with Crippen molar-refractivity contribution in [3.63, 3.8) is 0 Å². The molecule has 0 aliphatic carbocycles. The van der Waals surface area contributed by atoms with Crippen molar-refractivity contribution >= 4 is 17.3 Å². The van der Waals surface area contributed by atoms with Crippen molar-refractivity contribution in [1.29, 1.82) is 0 Å². The van der Waals surface area contributed by atoms with Crippen LogP contribution in [0.4, 0.5) is 5.69 Å². The van der Waals surface area contributed by atoms with Crippen molar-refractivity contribution in [1.82, 2.24) is 14.8 Å². The highest BCUT2D eigenvalue weighted by atomic mass is 35.5. The molecule has 0 amide bonds. The normalized spacial score (nSPS) is 10.6. The van der Waals surface area contributed by atoms with Gasteiger partial charge in [-0.15, -0.1) is 0 Å². The Morgan fingerprint density at radius 3 is 2.63 bits per heavy atom. The van der Waals surface area contributed by atoms with Crippen molar-refractivity contribution in [2.75, 3.05) is 5.32 Å². The van der Waals surface area contributed by atoms with Gasteiger partial charge in [-0.1, -0.05) is 0 Å². The summed E-state index contributed by atoms with van der Waals surface area (Å²) in [5.74, 6) is 0.797. The molecule has 0 radical (unpaired) electrons. The van der Waals surface area contributed by atoms with E-state index in [9.17, 15) is 0 Å². The van der Waals surface area contributed by atoms with Gasteiger partial charge in [0.05, 0.1) is 12.2 Å². The fourth-order valence-corrected chi connectivity index (χ4v) is 1.87. The fourth-order valence-electron chi connectivity index (χ4n) is 1.71. The van der Waals surface area contributed by atoms with Crippen LogP contribution in [-0.4, -0.2) is 14.8 Å². The van der Waals surface area contributed by atoms with E-state index in [0.29, 0.717) is 11.8 Å². The topological polar surface area (TPSA) is 55.9 Å². The first-order valence-corrected chi connectivity index (χ1v) is 6.12. The summed E-state index contributed by atoms with van der Waals surface area (Å²) < 4.78 is 6.97. The van der Waals surface area contributed by atoms with Gasteiger partial charge >= 0.3 is 0 Å². The van der Waals surface area contributed by atoms with Crippen LogP contribution in [0.15, 0.2) is 53.5 Å². The van der Waals surface area contributed by atoms with Crippen molar-refractivity contribution < 1.29 is 4.42 Å². The van der Waals surface area contributed by atoms with Gasteiger partial charge in [-0.05, 0) is 48.0 Å². The van der Waals surface area contributed by atoms with Crippen LogP contribution in [0.2, 0.25) is 5.22 Å². The highest BCUT2D eigenvalue weighted by molar-refractivity contribution is 6.28. The quantitative estimate of drug-likeness (QED) is 0.794. The summed E-state index contributed by atoms with van der Waals surface area (Å²) in [6, 6.07) is 11.5. The Balaban J connectivity index is 1.66. The summed E-state index contributed by atoms with van der Waals surface area (Å²) in [7, 11) is 0. The molecule has 3 rings (SSSR count). The van der Waals surface area contributed by atoms with Crippen LogP contribution in [0, 0.1) is 0 Å². The Morgan fingerprint density at radius 2 is 2.00 bits per heavy atom. The van der Waals surface area contributed by atoms with Gasteiger partial charge in [0.15, 0.2) is 5.22 Å². The van der Waals surface area contributed by atoms with Crippen LogP contribution in [0.1, 0.15) is 5.76 Å². The third kappa shape index (κ3) is 2.77. The number of hydrogen-bond acceptors (Lipinski definition) is 4. The van der Waals surface area contributed by atoms with E-state index in [2.05, 4.69) is 15.4 Å². The second-order valence-electron chi connectivity index (χ2n) is 3.95. The largest absolute Gasteiger partial charge is 0.448 e. The molecule has 0 bridgehead atoms. The summed E-state index contributed by atoms with van der Waals surface area (Å²) in [5.41, 5.74) is 1.96. The zero-order chi connectivity index (χ0) is 13.1. The predicted molar refractivity (Wildman–Crippen MR) is 72.4 cm³/mol. The third-order valence-corrected chi connectivity index (χ3v) is 2.85. The standard InChI is InChI=1S/C13H11ClN4O/c14-13-6-5-12(19-13)7-16-10-1-3-11(4-2-10)18-9-15-8-17-18/h1-6,8-9,16H,7H2. The van der Waals surface area contributed by atoms with Crippen molar-refractivity contribution in [3.05, 3.63) is 60.0 Å². The van der Waals surface area contributed by atoms with E-state index in [0.717, 1.165) is 17.1 Å². The van der Waals surface area contributed by atoms with Gasteiger partial charge < -0.3 is 9.73 Å². The van der Waals surface area contributed by atoms with E-state index in [-0.39, 0.29) is 0 Å². The molecule has 1 N–H and O–H groups in total. The molecule has 0 saturated heterocycles. The first kappa shape index (κ1) is 11.8. The molecule has 0 aliphatic heterocycles. The minimum atomic E-state index is 0.401. The lowest BCUT2D eigenvalue weighted by Crippen LogP contribution is -1.99. The lowest BCUT2D eigenvalue weighted by Gasteiger charge is -2.05. The Hall–Kier alpha value is -2.27. The van der Waals surface area contributed by atoms with Gasteiger partial charge in [0.2, 0.25) is 0 Å². The maximum Gasteiger partial charge on any atom is 0.193 e. The van der Waals surface area contributed by atoms with Gasteiger partial charge in [0.25, 0.3) is 0 Å². The number of furan rings is 1. The minimum Gasteiger partial charge on any atom is -0.448 e. The van der Waals surface area contributed by atoms with Crippen LogP contribution in [0.5, 0.6) is 0 Å². The SMILES string of the molecule is Clc1ccc(CNc2ccc(-n3cncn3)cc2)o1. The summed E-state index contributed by atoms with van der Waals surface area (Å²) in [6.45, 7) is 0.593.